The van der Waals surface area contributed by atoms with Crippen LogP contribution in [0.5, 0.6) is 11.5 Å². The Morgan fingerprint density at radius 3 is 2.63 bits per heavy atom. The second kappa shape index (κ2) is 8.95. The van der Waals surface area contributed by atoms with Gasteiger partial charge in [-0.15, -0.1) is 0 Å². The van der Waals surface area contributed by atoms with Crippen LogP contribution in [0.1, 0.15) is 11.6 Å². The number of carbonyl (C=O) groups is 2. The monoisotopic (exact) mass is 413 g/mol. The number of phenols is 1. The summed E-state index contributed by atoms with van der Waals surface area (Å²) in [5.74, 6) is -1.63. The van der Waals surface area contributed by atoms with Crippen molar-refractivity contribution in [2.75, 3.05) is 13.2 Å². The minimum absolute atomic E-state index is 0.0477. The maximum atomic E-state index is 12.7. The first kappa shape index (κ1) is 20.6. The number of benzene rings is 2. The zero-order valence-corrected chi connectivity index (χ0v) is 15.7. The molecule has 2 amide bonds. The number of urea groups is 1. The summed E-state index contributed by atoms with van der Waals surface area (Å²) in [7, 11) is 0. The number of phenolic OH excluding ortho intramolecular Hbond substituents is 1. The average molecular weight is 413 g/mol. The van der Waals surface area contributed by atoms with E-state index in [-0.39, 0.29) is 24.5 Å². The number of nitro groups is 1. The number of nitrogens with one attached hydrogen (secondary N) is 2. The van der Waals surface area contributed by atoms with Gasteiger partial charge in [-0.2, -0.15) is 0 Å². The lowest BCUT2D eigenvalue weighted by Gasteiger charge is -2.33. The molecule has 0 unspecified atom stereocenters. The Morgan fingerprint density at radius 1 is 1.20 bits per heavy atom. The van der Waals surface area contributed by atoms with Gasteiger partial charge in [-0.05, 0) is 23.8 Å². The Hall–Kier alpha value is -4.08. The SMILES string of the molecule is C=C1NC(=O)N[C@H](c2ccc(O)c([N+](=O)[O-])c2)[C@H]1C(=O)OCCOc1ccccc1. The highest BCUT2D eigenvalue weighted by atomic mass is 16.6. The van der Waals surface area contributed by atoms with Crippen LogP contribution in [-0.2, 0) is 9.53 Å². The lowest BCUT2D eigenvalue weighted by atomic mass is 9.88. The maximum Gasteiger partial charge on any atom is 0.319 e. The summed E-state index contributed by atoms with van der Waals surface area (Å²) in [5.41, 5.74) is -0.208. The number of rotatable bonds is 7. The third-order valence-corrected chi connectivity index (χ3v) is 4.42. The van der Waals surface area contributed by atoms with E-state index >= 15 is 0 Å². The predicted molar refractivity (Wildman–Crippen MR) is 105 cm³/mol. The van der Waals surface area contributed by atoms with E-state index in [1.165, 1.54) is 6.07 Å². The van der Waals surface area contributed by atoms with E-state index < -0.39 is 40.3 Å². The van der Waals surface area contributed by atoms with Crippen molar-refractivity contribution in [2.24, 2.45) is 5.92 Å². The minimum atomic E-state index is -1.04. The number of hydrogen-bond acceptors (Lipinski definition) is 7. The van der Waals surface area contributed by atoms with E-state index in [9.17, 15) is 24.8 Å². The van der Waals surface area contributed by atoms with Crippen molar-refractivity contribution in [2.45, 2.75) is 6.04 Å². The third kappa shape index (κ3) is 4.66. The van der Waals surface area contributed by atoms with Gasteiger partial charge < -0.3 is 25.2 Å². The summed E-state index contributed by atoms with van der Waals surface area (Å²) in [6.07, 6.45) is 0. The molecule has 0 spiro atoms. The Labute approximate surface area is 171 Å². The van der Waals surface area contributed by atoms with Crippen molar-refractivity contribution in [3.63, 3.8) is 0 Å². The molecule has 2 aromatic carbocycles. The lowest BCUT2D eigenvalue weighted by Crippen LogP contribution is -2.51. The molecule has 156 valence electrons. The zero-order chi connectivity index (χ0) is 21.7. The van der Waals surface area contributed by atoms with Gasteiger partial charge in [-0.1, -0.05) is 30.8 Å². The molecule has 0 radical (unpaired) electrons. The molecule has 2 atom stereocenters. The summed E-state index contributed by atoms with van der Waals surface area (Å²) in [4.78, 5) is 34.9. The van der Waals surface area contributed by atoms with Gasteiger partial charge in [0.2, 0.25) is 0 Å². The van der Waals surface area contributed by atoms with Crippen LogP contribution in [0.3, 0.4) is 0 Å². The molecule has 2 aromatic rings. The van der Waals surface area contributed by atoms with Crippen molar-refractivity contribution < 1.29 is 29.1 Å². The fraction of sp³-hybridized carbons (Fsp3) is 0.200. The Morgan fingerprint density at radius 2 is 1.93 bits per heavy atom. The first-order valence-electron chi connectivity index (χ1n) is 8.95. The van der Waals surface area contributed by atoms with Crippen molar-refractivity contribution >= 4 is 17.7 Å². The van der Waals surface area contributed by atoms with Gasteiger partial charge in [-0.3, -0.25) is 14.9 Å². The second-order valence-corrected chi connectivity index (χ2v) is 6.41. The van der Waals surface area contributed by atoms with Crippen molar-refractivity contribution in [1.29, 1.82) is 0 Å². The highest BCUT2D eigenvalue weighted by Gasteiger charge is 2.39. The molecule has 0 saturated carbocycles. The summed E-state index contributed by atoms with van der Waals surface area (Å²) in [6, 6.07) is 11.0. The molecule has 1 aliphatic heterocycles. The fourth-order valence-corrected chi connectivity index (χ4v) is 3.03. The molecular weight excluding hydrogens is 394 g/mol. The summed E-state index contributed by atoms with van der Waals surface area (Å²) in [6.45, 7) is 3.77. The molecule has 1 aliphatic rings. The second-order valence-electron chi connectivity index (χ2n) is 6.41. The number of carbonyl (C=O) groups excluding carboxylic acids is 2. The van der Waals surface area contributed by atoms with Crippen LogP contribution < -0.4 is 15.4 Å². The Balaban J connectivity index is 1.72. The molecule has 0 aliphatic carbocycles. The van der Waals surface area contributed by atoms with Gasteiger partial charge in [-0.25, -0.2) is 4.79 Å². The van der Waals surface area contributed by atoms with Gasteiger partial charge >= 0.3 is 17.7 Å². The molecule has 1 heterocycles. The Kier molecular flexibility index (Phi) is 6.16. The maximum absolute atomic E-state index is 12.7. The van der Waals surface area contributed by atoms with Crippen LogP contribution in [-0.4, -0.2) is 35.2 Å². The first-order chi connectivity index (χ1) is 14.4. The lowest BCUT2D eigenvalue weighted by molar-refractivity contribution is -0.385. The summed E-state index contributed by atoms with van der Waals surface area (Å²) >= 11 is 0. The molecule has 3 rings (SSSR count). The number of amides is 2. The molecule has 30 heavy (non-hydrogen) atoms. The van der Waals surface area contributed by atoms with Crippen LogP contribution in [0.15, 0.2) is 60.8 Å². The number of ether oxygens (including phenoxy) is 2. The van der Waals surface area contributed by atoms with Crippen LogP contribution in [0.25, 0.3) is 0 Å². The van der Waals surface area contributed by atoms with E-state index in [0.717, 1.165) is 12.1 Å². The number of nitrogens with zero attached hydrogens (tertiary/aromatic N) is 1. The van der Waals surface area contributed by atoms with E-state index in [4.69, 9.17) is 9.47 Å². The van der Waals surface area contributed by atoms with Crippen LogP contribution in [0, 0.1) is 16.0 Å². The van der Waals surface area contributed by atoms with Gasteiger partial charge in [0.15, 0.2) is 5.75 Å². The number of para-hydroxylation sites is 1. The van der Waals surface area contributed by atoms with E-state index in [0.29, 0.717) is 5.75 Å². The number of nitro benzene ring substituents is 1. The van der Waals surface area contributed by atoms with E-state index in [1.54, 1.807) is 12.1 Å². The van der Waals surface area contributed by atoms with Gasteiger partial charge in [0.05, 0.1) is 11.0 Å². The molecular formula is C20H19N3O7. The topological polar surface area (TPSA) is 140 Å². The third-order valence-electron chi connectivity index (χ3n) is 4.42. The minimum Gasteiger partial charge on any atom is -0.502 e. The molecule has 0 bridgehead atoms. The predicted octanol–water partition coefficient (Wildman–Crippen LogP) is 2.41. The number of aromatic hydroxyl groups is 1. The van der Waals surface area contributed by atoms with E-state index in [2.05, 4.69) is 17.2 Å². The van der Waals surface area contributed by atoms with Crippen molar-refractivity contribution in [1.82, 2.24) is 10.6 Å². The van der Waals surface area contributed by atoms with Gasteiger partial charge in [0.1, 0.15) is 24.9 Å². The summed E-state index contributed by atoms with van der Waals surface area (Å²) in [5, 5.41) is 25.7. The van der Waals surface area contributed by atoms with Crippen LogP contribution in [0.4, 0.5) is 10.5 Å². The molecule has 0 aromatic heterocycles. The normalized spacial score (nSPS) is 18.1. The average Bonchev–Trinajstić information content (AvgIpc) is 2.71. The van der Waals surface area contributed by atoms with Crippen molar-refractivity contribution in [3.8, 4) is 11.5 Å². The zero-order valence-electron chi connectivity index (χ0n) is 15.7. The van der Waals surface area contributed by atoms with E-state index in [1.807, 2.05) is 18.2 Å². The largest absolute Gasteiger partial charge is 0.502 e. The van der Waals surface area contributed by atoms with Crippen LogP contribution >= 0.6 is 0 Å². The van der Waals surface area contributed by atoms with Crippen LogP contribution in [0.2, 0.25) is 0 Å². The Bertz CT molecular complexity index is 978. The first-order valence-corrected chi connectivity index (χ1v) is 8.95. The highest BCUT2D eigenvalue weighted by molar-refractivity contribution is 5.85. The van der Waals surface area contributed by atoms with Crippen molar-refractivity contribution in [3.05, 3.63) is 76.5 Å². The molecule has 10 heteroatoms. The highest BCUT2D eigenvalue weighted by Crippen LogP contribution is 2.35. The number of hydrogen-bond donors (Lipinski definition) is 3. The molecule has 3 N–H and O–H groups in total. The molecule has 1 saturated heterocycles. The fourth-order valence-electron chi connectivity index (χ4n) is 3.03. The molecule has 10 nitrogen and oxygen atoms in total. The quantitative estimate of drug-likeness (QED) is 0.274. The smallest absolute Gasteiger partial charge is 0.319 e. The van der Waals surface area contributed by atoms with Gasteiger partial charge in [0, 0.05) is 11.8 Å². The molecule has 1 fully saturated rings. The number of esters is 1. The van der Waals surface area contributed by atoms with Gasteiger partial charge in [0.25, 0.3) is 0 Å². The summed E-state index contributed by atoms with van der Waals surface area (Å²) < 4.78 is 10.7. The standard InChI is InChI=1S/C20H19N3O7/c1-12-17(19(25)30-10-9-29-14-5-3-2-4-6-14)18(22-20(26)21-12)13-7-8-16(24)15(11-13)23(27)28/h2-8,11,17-18,24H,1,9-10H2,(H2,21,22,26)/t17-,18+/m0/s1.